The third-order valence-electron chi connectivity index (χ3n) is 2.42. The van der Waals surface area contributed by atoms with Gasteiger partial charge in [0.05, 0.1) is 0 Å². The van der Waals surface area contributed by atoms with Crippen LogP contribution in [0.3, 0.4) is 0 Å². The van der Waals surface area contributed by atoms with Gasteiger partial charge in [0.15, 0.2) is 0 Å². The molecule has 0 bridgehead atoms. The van der Waals surface area contributed by atoms with Crippen LogP contribution in [0.1, 0.15) is 27.7 Å². The third kappa shape index (κ3) is 5.26. The molecule has 14 heavy (non-hydrogen) atoms. The molecule has 0 rings (SSSR count). The molecular weight excluding hydrogens is 208 g/mol. The maximum atomic E-state index is 5.86. The van der Waals surface area contributed by atoms with Crippen molar-refractivity contribution in [3.8, 4) is 0 Å². The zero-order chi connectivity index (χ0) is 11.1. The maximum absolute atomic E-state index is 5.86. The Morgan fingerprint density at radius 3 is 2.00 bits per heavy atom. The molecule has 0 aliphatic carbocycles. The highest BCUT2D eigenvalue weighted by molar-refractivity contribution is 6.61. The van der Waals surface area contributed by atoms with Gasteiger partial charge in [0.1, 0.15) is 8.96 Å². The Balaban J connectivity index is 3.92. The molecule has 0 spiro atoms. The second kappa shape index (κ2) is 7.59. The fraction of sp³-hybridized carbons (Fsp3) is 1.00. The number of hydroxylamine groups is 2. The van der Waals surface area contributed by atoms with E-state index in [2.05, 4.69) is 50.1 Å². The summed E-state index contributed by atoms with van der Waals surface area (Å²) in [6.07, 6.45) is 0. The predicted octanol–water partition coefficient (Wildman–Crippen LogP) is 0.952. The highest BCUT2D eigenvalue weighted by atomic mass is 28.3. The normalized spacial score (nSPS) is 13.3. The van der Waals surface area contributed by atoms with E-state index in [0.717, 1.165) is 13.1 Å². The molecule has 0 saturated heterocycles. The summed E-state index contributed by atoms with van der Waals surface area (Å²) >= 11 is 0. The highest BCUT2D eigenvalue weighted by Gasteiger charge is 2.15. The first kappa shape index (κ1) is 14.3. The van der Waals surface area contributed by atoms with Crippen LogP contribution < -0.4 is 0 Å². The second-order valence-electron chi connectivity index (χ2n) is 4.07. The standard InChI is InChI=1S/C9H26N2OSi2/c1-7-10(8-2)12-13-11(9(3)4)14(5)6/h9,14H,7-8,13H2,1-6H3. The van der Waals surface area contributed by atoms with Crippen molar-refractivity contribution in [2.45, 2.75) is 46.8 Å². The molecule has 0 saturated carbocycles. The van der Waals surface area contributed by atoms with Crippen LogP contribution >= 0.6 is 0 Å². The fourth-order valence-corrected chi connectivity index (χ4v) is 4.99. The monoisotopic (exact) mass is 234 g/mol. The van der Waals surface area contributed by atoms with Crippen molar-refractivity contribution in [1.82, 2.24) is 9.29 Å². The first-order valence-corrected chi connectivity index (χ1v) is 9.70. The SMILES string of the molecule is CCN(CC)O[SiH2]N(C(C)C)[SiH](C)C. The number of rotatable bonds is 7. The molecule has 0 aromatic carbocycles. The van der Waals surface area contributed by atoms with Gasteiger partial charge in [-0.15, -0.1) is 0 Å². The molecule has 0 atom stereocenters. The van der Waals surface area contributed by atoms with Crippen LogP contribution in [0.15, 0.2) is 0 Å². The van der Waals surface area contributed by atoms with Crippen molar-refractivity contribution in [2.24, 2.45) is 0 Å². The van der Waals surface area contributed by atoms with Gasteiger partial charge in [-0.05, 0) is 6.04 Å². The van der Waals surface area contributed by atoms with E-state index in [1.54, 1.807) is 0 Å². The first-order valence-electron chi connectivity index (χ1n) is 5.66. The minimum atomic E-state index is -0.681. The van der Waals surface area contributed by atoms with Gasteiger partial charge in [-0.2, -0.15) is 0 Å². The van der Waals surface area contributed by atoms with Gasteiger partial charge in [0, 0.05) is 13.1 Å². The summed E-state index contributed by atoms with van der Waals surface area (Å²) < 4.78 is 8.47. The van der Waals surface area contributed by atoms with Crippen molar-refractivity contribution in [3.05, 3.63) is 0 Å². The molecule has 3 nitrogen and oxygen atoms in total. The average molecular weight is 234 g/mol. The van der Waals surface area contributed by atoms with Crippen LogP contribution in [-0.4, -0.2) is 47.3 Å². The van der Waals surface area contributed by atoms with Crippen LogP contribution in [0, 0.1) is 0 Å². The summed E-state index contributed by atoms with van der Waals surface area (Å²) in [7, 11) is -1.20. The Morgan fingerprint density at radius 1 is 1.21 bits per heavy atom. The highest BCUT2D eigenvalue weighted by Crippen LogP contribution is 2.01. The lowest BCUT2D eigenvalue weighted by molar-refractivity contribution is -0.0535. The summed E-state index contributed by atoms with van der Waals surface area (Å²) in [5, 5.41) is 2.07. The van der Waals surface area contributed by atoms with Crippen molar-refractivity contribution >= 4 is 18.9 Å². The topological polar surface area (TPSA) is 15.7 Å². The van der Waals surface area contributed by atoms with E-state index in [4.69, 9.17) is 4.53 Å². The molecule has 0 aliphatic rings. The maximum Gasteiger partial charge on any atom is 0.258 e. The third-order valence-corrected chi connectivity index (χ3v) is 8.49. The minimum Gasteiger partial charge on any atom is -0.332 e. The lowest BCUT2D eigenvalue weighted by Gasteiger charge is -2.31. The molecule has 0 unspecified atom stereocenters. The molecule has 86 valence electrons. The van der Waals surface area contributed by atoms with E-state index in [9.17, 15) is 0 Å². The number of hydrogen-bond acceptors (Lipinski definition) is 3. The van der Waals surface area contributed by atoms with E-state index >= 15 is 0 Å². The summed E-state index contributed by atoms with van der Waals surface area (Å²) in [6.45, 7) is 15.6. The molecule has 0 radical (unpaired) electrons. The Labute approximate surface area is 93.1 Å². The fourth-order valence-electron chi connectivity index (χ4n) is 1.45. The van der Waals surface area contributed by atoms with E-state index in [0.29, 0.717) is 6.04 Å². The van der Waals surface area contributed by atoms with Gasteiger partial charge in [0.2, 0.25) is 0 Å². The Morgan fingerprint density at radius 2 is 1.71 bits per heavy atom. The van der Waals surface area contributed by atoms with E-state index in [1.807, 2.05) is 0 Å². The summed E-state index contributed by atoms with van der Waals surface area (Å²) in [6, 6.07) is 0.656. The van der Waals surface area contributed by atoms with Crippen LogP contribution in [-0.2, 0) is 4.53 Å². The summed E-state index contributed by atoms with van der Waals surface area (Å²) in [5.74, 6) is 0. The van der Waals surface area contributed by atoms with Gasteiger partial charge in [-0.3, -0.25) is 0 Å². The van der Waals surface area contributed by atoms with Crippen molar-refractivity contribution in [1.29, 1.82) is 0 Å². The molecular formula is C9H26N2OSi2. The van der Waals surface area contributed by atoms with Gasteiger partial charge in [0.25, 0.3) is 9.92 Å². The molecule has 0 N–H and O–H groups in total. The van der Waals surface area contributed by atoms with E-state index in [-0.39, 0.29) is 0 Å². The zero-order valence-corrected chi connectivity index (χ0v) is 13.1. The molecule has 0 amide bonds. The lowest BCUT2D eigenvalue weighted by atomic mass is 10.4. The molecule has 0 aromatic heterocycles. The molecule has 0 aromatic rings. The number of nitrogens with zero attached hydrogens (tertiary/aromatic N) is 2. The molecule has 0 aliphatic heterocycles. The van der Waals surface area contributed by atoms with Crippen LogP contribution in [0.25, 0.3) is 0 Å². The largest absolute Gasteiger partial charge is 0.332 e. The van der Waals surface area contributed by atoms with Gasteiger partial charge >= 0.3 is 0 Å². The predicted molar refractivity (Wildman–Crippen MR) is 68.4 cm³/mol. The van der Waals surface area contributed by atoms with Gasteiger partial charge < -0.3 is 8.76 Å². The quantitative estimate of drug-likeness (QED) is 0.482. The smallest absolute Gasteiger partial charge is 0.258 e. The van der Waals surface area contributed by atoms with Crippen LogP contribution in [0.5, 0.6) is 0 Å². The lowest BCUT2D eigenvalue weighted by Crippen LogP contribution is -2.46. The molecule has 5 heteroatoms. The summed E-state index contributed by atoms with van der Waals surface area (Å²) in [5.41, 5.74) is 0. The van der Waals surface area contributed by atoms with Crippen molar-refractivity contribution < 1.29 is 4.53 Å². The molecule has 0 heterocycles. The number of hydrogen-bond donors (Lipinski definition) is 0. The van der Waals surface area contributed by atoms with Crippen LogP contribution in [0.4, 0.5) is 0 Å². The van der Waals surface area contributed by atoms with E-state index in [1.165, 1.54) is 0 Å². The van der Waals surface area contributed by atoms with E-state index < -0.39 is 18.9 Å². The molecule has 0 fully saturated rings. The van der Waals surface area contributed by atoms with Crippen molar-refractivity contribution in [2.75, 3.05) is 13.1 Å². The zero-order valence-electron chi connectivity index (χ0n) is 10.6. The Hall–Kier alpha value is 0.314. The second-order valence-corrected chi connectivity index (χ2v) is 8.90. The first-order chi connectivity index (χ1) is 6.52. The average Bonchev–Trinajstić information content (AvgIpc) is 2.11. The van der Waals surface area contributed by atoms with Crippen molar-refractivity contribution in [3.63, 3.8) is 0 Å². The summed E-state index contributed by atoms with van der Waals surface area (Å²) in [4.78, 5) is 0. The Kier molecular flexibility index (Phi) is 7.76. The van der Waals surface area contributed by atoms with Crippen LogP contribution in [0.2, 0.25) is 13.1 Å². The van der Waals surface area contributed by atoms with Gasteiger partial charge in [-0.25, -0.2) is 5.06 Å². The Bertz CT molecular complexity index is 133. The van der Waals surface area contributed by atoms with Gasteiger partial charge in [-0.1, -0.05) is 40.8 Å². The minimum absolute atomic E-state index is 0.518.